The fourth-order valence-electron chi connectivity index (χ4n) is 1.70. The summed E-state index contributed by atoms with van der Waals surface area (Å²) in [4.78, 5) is 13.4. The Labute approximate surface area is 112 Å². The maximum Gasteiger partial charge on any atom is 0.228 e. The van der Waals surface area contributed by atoms with E-state index in [1.807, 2.05) is 0 Å². The zero-order valence-electron chi connectivity index (χ0n) is 8.95. The van der Waals surface area contributed by atoms with Crippen LogP contribution in [-0.4, -0.2) is 24.8 Å². The van der Waals surface area contributed by atoms with Gasteiger partial charge >= 0.3 is 0 Å². The number of hydrogen-bond acceptors (Lipinski definition) is 3. The minimum absolute atomic E-state index is 0.0636. The quantitative estimate of drug-likeness (QED) is 0.849. The van der Waals surface area contributed by atoms with Crippen molar-refractivity contribution in [2.75, 3.05) is 23.8 Å². The van der Waals surface area contributed by atoms with Crippen LogP contribution in [0.4, 0.5) is 10.1 Å². The van der Waals surface area contributed by atoms with E-state index in [9.17, 15) is 9.18 Å². The van der Waals surface area contributed by atoms with E-state index < -0.39 is 5.82 Å². The van der Waals surface area contributed by atoms with E-state index in [4.69, 9.17) is 4.74 Å². The minimum Gasteiger partial charge on any atom is -0.489 e. The number of nitrogens with zero attached hydrogens (tertiary/aromatic N) is 1. The van der Waals surface area contributed by atoms with Crippen LogP contribution in [0.1, 0.15) is 6.42 Å². The number of ether oxygens (including phenoxy) is 1. The number of fused-ring (bicyclic) bond motifs is 1. The number of carbonyl (C=O) groups excluding carboxylic acids is 1. The molecule has 0 saturated carbocycles. The van der Waals surface area contributed by atoms with Gasteiger partial charge in [-0.05, 0) is 27.7 Å². The largest absolute Gasteiger partial charge is 0.489 e. The highest BCUT2D eigenvalue weighted by atomic mass is 79.9. The van der Waals surface area contributed by atoms with Gasteiger partial charge in [-0.15, -0.1) is 0 Å². The summed E-state index contributed by atoms with van der Waals surface area (Å²) in [5.74, 6) is 0.533. The van der Waals surface area contributed by atoms with Gasteiger partial charge < -0.3 is 9.64 Å². The van der Waals surface area contributed by atoms with Crippen LogP contribution in [0.2, 0.25) is 0 Å². The number of benzene rings is 1. The molecule has 1 aromatic carbocycles. The topological polar surface area (TPSA) is 29.5 Å². The Morgan fingerprint density at radius 2 is 2.35 bits per heavy atom. The summed E-state index contributed by atoms with van der Waals surface area (Å²) in [5, 5.41) is 0. The first-order chi connectivity index (χ1) is 8.13. The number of hydrogen-bond donors (Lipinski definition) is 1. The molecule has 0 aliphatic carbocycles. The predicted molar refractivity (Wildman–Crippen MR) is 70.4 cm³/mol. The molecule has 0 bridgehead atoms. The zero-order valence-corrected chi connectivity index (χ0v) is 11.4. The molecule has 1 aliphatic rings. The van der Waals surface area contributed by atoms with E-state index in [0.29, 0.717) is 41.2 Å². The Balaban J connectivity index is 2.37. The average molecular weight is 320 g/mol. The van der Waals surface area contributed by atoms with Crippen LogP contribution in [0, 0.1) is 5.82 Å². The molecule has 0 fully saturated rings. The summed E-state index contributed by atoms with van der Waals surface area (Å²) in [6.07, 6.45) is 0.334. The standard InChI is InChI=1S/C11H11BrFNO2S/c12-7-5-10-9(6-8(7)13)14(2-3-16-10)11(15)1-4-17/h5-6,17H,1-4H2. The maximum absolute atomic E-state index is 13.5. The normalized spacial score (nSPS) is 14.2. The molecule has 0 unspecified atom stereocenters. The van der Waals surface area contributed by atoms with Crippen LogP contribution in [-0.2, 0) is 4.79 Å². The van der Waals surface area contributed by atoms with Crippen molar-refractivity contribution in [2.24, 2.45) is 0 Å². The van der Waals surface area contributed by atoms with Crippen molar-refractivity contribution in [3.63, 3.8) is 0 Å². The monoisotopic (exact) mass is 319 g/mol. The summed E-state index contributed by atoms with van der Waals surface area (Å²) in [7, 11) is 0. The van der Waals surface area contributed by atoms with Gasteiger partial charge in [0.25, 0.3) is 0 Å². The third kappa shape index (κ3) is 2.57. The predicted octanol–water partition coefficient (Wildman–Crippen LogP) is 2.63. The van der Waals surface area contributed by atoms with Gasteiger partial charge in [0.15, 0.2) is 0 Å². The number of halogens is 2. The number of carbonyl (C=O) groups is 1. The van der Waals surface area contributed by atoms with Crippen LogP contribution in [0.25, 0.3) is 0 Å². The molecule has 0 radical (unpaired) electrons. The fraction of sp³-hybridized carbons (Fsp3) is 0.364. The van der Waals surface area contributed by atoms with Crippen molar-refractivity contribution in [3.8, 4) is 5.75 Å². The van der Waals surface area contributed by atoms with E-state index in [-0.39, 0.29) is 5.91 Å². The van der Waals surface area contributed by atoms with E-state index >= 15 is 0 Å². The summed E-state index contributed by atoms with van der Waals surface area (Å²) in [6.45, 7) is 0.865. The number of anilines is 1. The van der Waals surface area contributed by atoms with E-state index in [1.54, 1.807) is 11.0 Å². The number of rotatable bonds is 2. The van der Waals surface area contributed by atoms with E-state index in [0.717, 1.165) is 0 Å². The molecule has 0 aromatic heterocycles. The summed E-state index contributed by atoms with van der Waals surface area (Å²) in [5.41, 5.74) is 0.490. The van der Waals surface area contributed by atoms with Gasteiger partial charge in [-0.25, -0.2) is 4.39 Å². The Bertz CT molecular complexity index is 455. The van der Waals surface area contributed by atoms with Crippen molar-refractivity contribution in [1.82, 2.24) is 0 Å². The zero-order chi connectivity index (χ0) is 12.4. The molecular weight excluding hydrogens is 309 g/mol. The van der Waals surface area contributed by atoms with Crippen LogP contribution < -0.4 is 9.64 Å². The Morgan fingerprint density at radius 3 is 3.06 bits per heavy atom. The number of amides is 1. The Morgan fingerprint density at radius 1 is 1.59 bits per heavy atom. The molecule has 6 heteroatoms. The molecule has 2 rings (SSSR count). The van der Waals surface area contributed by atoms with Gasteiger partial charge in [0, 0.05) is 12.5 Å². The van der Waals surface area contributed by atoms with Crippen LogP contribution in [0.5, 0.6) is 5.75 Å². The molecule has 0 N–H and O–H groups in total. The second-order valence-electron chi connectivity index (χ2n) is 3.60. The summed E-state index contributed by atoms with van der Waals surface area (Å²) in [6, 6.07) is 2.86. The van der Waals surface area contributed by atoms with Gasteiger partial charge in [-0.2, -0.15) is 12.6 Å². The Kier molecular flexibility index (Phi) is 3.93. The van der Waals surface area contributed by atoms with Gasteiger partial charge in [0.1, 0.15) is 18.2 Å². The van der Waals surface area contributed by atoms with Gasteiger partial charge in [0.2, 0.25) is 5.91 Å². The van der Waals surface area contributed by atoms with Crippen LogP contribution in [0.3, 0.4) is 0 Å². The number of thiol groups is 1. The van der Waals surface area contributed by atoms with Gasteiger partial charge in [-0.1, -0.05) is 0 Å². The molecule has 0 saturated heterocycles. The molecule has 17 heavy (non-hydrogen) atoms. The molecule has 92 valence electrons. The minimum atomic E-state index is -0.405. The van der Waals surface area contributed by atoms with Crippen molar-refractivity contribution in [2.45, 2.75) is 6.42 Å². The highest BCUT2D eigenvalue weighted by Gasteiger charge is 2.24. The smallest absolute Gasteiger partial charge is 0.228 e. The van der Waals surface area contributed by atoms with Crippen molar-refractivity contribution in [3.05, 3.63) is 22.4 Å². The highest BCUT2D eigenvalue weighted by Crippen LogP contribution is 2.36. The molecular formula is C11H11BrFNO2S. The van der Waals surface area contributed by atoms with Crippen molar-refractivity contribution < 1.29 is 13.9 Å². The Hall–Kier alpha value is -0.750. The lowest BCUT2D eigenvalue weighted by Crippen LogP contribution is -2.38. The molecule has 3 nitrogen and oxygen atoms in total. The molecule has 0 atom stereocenters. The summed E-state index contributed by atoms with van der Waals surface area (Å²) < 4.78 is 19.2. The first-order valence-corrected chi connectivity index (χ1v) is 6.59. The molecule has 0 spiro atoms. The first-order valence-electron chi connectivity index (χ1n) is 5.16. The van der Waals surface area contributed by atoms with E-state index in [1.165, 1.54) is 6.07 Å². The molecule has 1 amide bonds. The average Bonchev–Trinajstić information content (AvgIpc) is 2.30. The van der Waals surface area contributed by atoms with E-state index in [2.05, 4.69) is 28.6 Å². The van der Waals surface area contributed by atoms with Crippen molar-refractivity contribution in [1.29, 1.82) is 0 Å². The SMILES string of the molecule is O=C(CCS)N1CCOc2cc(Br)c(F)cc21. The summed E-state index contributed by atoms with van der Waals surface area (Å²) >= 11 is 7.12. The van der Waals surface area contributed by atoms with Crippen LogP contribution in [0.15, 0.2) is 16.6 Å². The lowest BCUT2D eigenvalue weighted by molar-refractivity contribution is -0.118. The second kappa shape index (κ2) is 5.27. The van der Waals surface area contributed by atoms with Crippen LogP contribution >= 0.6 is 28.6 Å². The molecule has 1 aromatic rings. The molecule has 1 heterocycles. The first kappa shape index (κ1) is 12.7. The third-order valence-corrected chi connectivity index (χ3v) is 3.32. The lowest BCUT2D eigenvalue weighted by atomic mass is 10.2. The third-order valence-electron chi connectivity index (χ3n) is 2.49. The van der Waals surface area contributed by atoms with Gasteiger partial charge in [-0.3, -0.25) is 4.79 Å². The second-order valence-corrected chi connectivity index (χ2v) is 4.90. The lowest BCUT2D eigenvalue weighted by Gasteiger charge is -2.29. The van der Waals surface area contributed by atoms with Gasteiger partial charge in [0.05, 0.1) is 16.7 Å². The molecule has 1 aliphatic heterocycles. The maximum atomic E-state index is 13.5. The highest BCUT2D eigenvalue weighted by molar-refractivity contribution is 9.10. The fourth-order valence-corrected chi connectivity index (χ4v) is 2.22. The van der Waals surface area contributed by atoms with Crippen molar-refractivity contribution >= 4 is 40.2 Å².